The van der Waals surface area contributed by atoms with Gasteiger partial charge in [0.1, 0.15) is 11.9 Å². The number of carbonyl (C=O) groups excluding carboxylic acids is 1. The normalized spacial score (nSPS) is 30.2. The van der Waals surface area contributed by atoms with E-state index in [1.54, 1.807) is 7.05 Å². The van der Waals surface area contributed by atoms with Crippen LogP contribution >= 0.6 is 0 Å². The zero-order valence-corrected chi connectivity index (χ0v) is 15.8. The van der Waals surface area contributed by atoms with E-state index in [1.807, 2.05) is 6.07 Å². The van der Waals surface area contributed by atoms with Crippen molar-refractivity contribution < 1.29 is 9.53 Å². The third-order valence-corrected chi connectivity index (χ3v) is 6.34. The van der Waals surface area contributed by atoms with Gasteiger partial charge in [-0.05, 0) is 44.4 Å². The Morgan fingerprint density at radius 1 is 1.29 bits per heavy atom. The number of rotatable bonds is 5. The van der Waals surface area contributed by atoms with E-state index in [1.165, 1.54) is 17.0 Å². The smallest absolute Gasteiger partial charge is 0.407 e. The Kier molecular flexibility index (Phi) is 3.92. The molecule has 2 aromatic heterocycles. The molecule has 0 unspecified atom stereocenters. The molecule has 0 saturated heterocycles. The standard InChI is InChI=1S/C19H24N6O3/c1-25-10-20-15(6-17(25)26)21-16-5-14(23-24-16)12-2-3-13(4-12)28-18(27)22-19-7-11(8-19)9-19/h5-6,10-13H,2-4,7-9H2,1H3,(H,22,27)(H2,21,23,24)/t11?,12-,13+,19?/m0/s1. The number of hydrogen-bond donors (Lipinski definition) is 3. The first kappa shape index (κ1) is 17.3. The third-order valence-electron chi connectivity index (χ3n) is 6.34. The molecule has 148 valence electrons. The molecule has 0 spiro atoms. The van der Waals surface area contributed by atoms with Crippen LogP contribution in [0.4, 0.5) is 16.4 Å². The number of carbonyl (C=O) groups is 1. The van der Waals surface area contributed by atoms with Gasteiger partial charge in [0.15, 0.2) is 5.82 Å². The fraction of sp³-hybridized carbons (Fsp3) is 0.579. The SMILES string of the molecule is Cn1cnc(Nc2cc([C@H]3CC[C@@H](OC(=O)NC45CC(C4)C5)C3)[nH]n2)cc1=O. The van der Waals surface area contributed by atoms with Crippen LogP contribution in [-0.4, -0.2) is 37.5 Å². The van der Waals surface area contributed by atoms with Gasteiger partial charge in [0.05, 0.1) is 6.33 Å². The summed E-state index contributed by atoms with van der Waals surface area (Å²) in [5.74, 6) is 2.17. The quantitative estimate of drug-likeness (QED) is 0.728. The highest BCUT2D eigenvalue weighted by molar-refractivity contribution is 5.69. The maximum absolute atomic E-state index is 12.1. The average Bonchev–Trinajstić information content (AvgIpc) is 3.23. The van der Waals surface area contributed by atoms with Crippen molar-refractivity contribution in [1.82, 2.24) is 25.1 Å². The molecule has 3 N–H and O–H groups in total. The molecule has 0 aliphatic heterocycles. The summed E-state index contributed by atoms with van der Waals surface area (Å²) in [5, 5.41) is 13.4. The van der Waals surface area contributed by atoms with Crippen LogP contribution in [0.5, 0.6) is 0 Å². The van der Waals surface area contributed by atoms with E-state index in [0.29, 0.717) is 11.6 Å². The maximum atomic E-state index is 12.1. The average molecular weight is 384 g/mol. The molecule has 9 heteroatoms. The van der Waals surface area contributed by atoms with Gasteiger partial charge in [-0.25, -0.2) is 9.78 Å². The molecule has 2 atom stereocenters. The number of anilines is 2. The lowest BCUT2D eigenvalue weighted by Crippen LogP contribution is -2.68. The molecule has 0 aromatic carbocycles. The predicted molar refractivity (Wildman–Crippen MR) is 101 cm³/mol. The second-order valence-electron chi connectivity index (χ2n) is 8.48. The molecule has 4 aliphatic carbocycles. The Balaban J connectivity index is 1.15. The van der Waals surface area contributed by atoms with Crippen LogP contribution in [0.3, 0.4) is 0 Å². The number of alkyl carbamates (subject to hydrolysis) is 1. The molecule has 2 heterocycles. The minimum atomic E-state index is -0.271. The first-order chi connectivity index (χ1) is 13.5. The number of aromatic amines is 1. The van der Waals surface area contributed by atoms with E-state index in [-0.39, 0.29) is 29.2 Å². The van der Waals surface area contributed by atoms with Crippen molar-refractivity contribution >= 4 is 17.7 Å². The minimum Gasteiger partial charge on any atom is -0.446 e. The molecular weight excluding hydrogens is 360 g/mol. The largest absolute Gasteiger partial charge is 0.446 e. The van der Waals surface area contributed by atoms with Crippen LogP contribution in [0.2, 0.25) is 0 Å². The van der Waals surface area contributed by atoms with Crippen molar-refractivity contribution in [3.8, 4) is 0 Å². The summed E-state index contributed by atoms with van der Waals surface area (Å²) < 4.78 is 7.05. The molecule has 1 amide bonds. The second kappa shape index (κ2) is 6.35. The van der Waals surface area contributed by atoms with Crippen molar-refractivity contribution in [2.45, 2.75) is 56.1 Å². The highest BCUT2D eigenvalue weighted by Crippen LogP contribution is 2.57. The molecule has 4 fully saturated rings. The summed E-state index contributed by atoms with van der Waals surface area (Å²) in [6.07, 6.45) is 7.06. The van der Waals surface area contributed by atoms with Crippen molar-refractivity contribution in [2.24, 2.45) is 13.0 Å². The second-order valence-corrected chi connectivity index (χ2v) is 8.48. The molecule has 28 heavy (non-hydrogen) atoms. The van der Waals surface area contributed by atoms with Crippen molar-refractivity contribution in [3.63, 3.8) is 0 Å². The van der Waals surface area contributed by atoms with Gasteiger partial charge < -0.3 is 19.9 Å². The summed E-state index contributed by atoms with van der Waals surface area (Å²) in [7, 11) is 1.65. The Hall–Kier alpha value is -2.84. The molecule has 0 radical (unpaired) electrons. The fourth-order valence-electron chi connectivity index (χ4n) is 4.63. The summed E-state index contributed by atoms with van der Waals surface area (Å²) >= 11 is 0. The first-order valence-electron chi connectivity index (χ1n) is 9.82. The van der Waals surface area contributed by atoms with E-state index in [0.717, 1.165) is 50.1 Å². The van der Waals surface area contributed by atoms with Gasteiger partial charge in [-0.15, -0.1) is 0 Å². The van der Waals surface area contributed by atoms with Crippen LogP contribution in [0, 0.1) is 5.92 Å². The lowest BCUT2D eigenvalue weighted by molar-refractivity contribution is -0.0506. The number of aryl methyl sites for hydroxylation is 1. The number of nitrogens with zero attached hydrogens (tertiary/aromatic N) is 3. The Morgan fingerprint density at radius 2 is 2.11 bits per heavy atom. The van der Waals surface area contributed by atoms with Gasteiger partial charge in [-0.3, -0.25) is 9.89 Å². The Morgan fingerprint density at radius 3 is 2.82 bits per heavy atom. The van der Waals surface area contributed by atoms with E-state index < -0.39 is 0 Å². The predicted octanol–water partition coefficient (Wildman–Crippen LogP) is 2.16. The number of ether oxygens (including phenoxy) is 1. The zero-order chi connectivity index (χ0) is 19.3. The van der Waals surface area contributed by atoms with Crippen LogP contribution in [0.1, 0.15) is 50.1 Å². The van der Waals surface area contributed by atoms with E-state index in [2.05, 4.69) is 25.8 Å². The first-order valence-corrected chi connectivity index (χ1v) is 9.82. The van der Waals surface area contributed by atoms with E-state index in [4.69, 9.17) is 4.74 Å². The zero-order valence-electron chi connectivity index (χ0n) is 15.8. The maximum Gasteiger partial charge on any atom is 0.407 e. The van der Waals surface area contributed by atoms with Gasteiger partial charge >= 0.3 is 6.09 Å². The van der Waals surface area contributed by atoms with E-state index >= 15 is 0 Å². The monoisotopic (exact) mass is 384 g/mol. The summed E-state index contributed by atoms with van der Waals surface area (Å²) in [6.45, 7) is 0. The van der Waals surface area contributed by atoms with Crippen LogP contribution < -0.4 is 16.2 Å². The molecule has 6 rings (SSSR count). The molecule has 4 saturated carbocycles. The van der Waals surface area contributed by atoms with Gasteiger partial charge in [-0.1, -0.05) is 0 Å². The topological polar surface area (TPSA) is 114 Å². The van der Waals surface area contributed by atoms with Gasteiger partial charge in [0.25, 0.3) is 5.56 Å². The lowest BCUT2D eigenvalue weighted by atomic mass is 9.50. The fourth-order valence-corrected chi connectivity index (χ4v) is 4.63. The van der Waals surface area contributed by atoms with Gasteiger partial charge in [0, 0.05) is 36.3 Å². The van der Waals surface area contributed by atoms with Gasteiger partial charge in [-0.2, -0.15) is 5.10 Å². The number of amides is 1. The van der Waals surface area contributed by atoms with Crippen molar-refractivity contribution in [3.05, 3.63) is 34.5 Å². The summed E-state index contributed by atoms with van der Waals surface area (Å²) in [6, 6.07) is 3.35. The molecule has 4 aliphatic rings. The highest BCUT2D eigenvalue weighted by atomic mass is 16.6. The highest BCUT2D eigenvalue weighted by Gasteiger charge is 2.57. The summed E-state index contributed by atoms with van der Waals surface area (Å²) in [4.78, 5) is 28.0. The number of H-pyrrole nitrogens is 1. The Bertz CT molecular complexity index is 950. The summed E-state index contributed by atoms with van der Waals surface area (Å²) in [5.41, 5.74) is 0.911. The molecular formula is C19H24N6O3. The van der Waals surface area contributed by atoms with Crippen LogP contribution in [0.15, 0.2) is 23.3 Å². The number of aromatic nitrogens is 4. The lowest BCUT2D eigenvalue weighted by Gasteiger charge is -2.61. The number of hydrogen-bond acceptors (Lipinski definition) is 6. The van der Waals surface area contributed by atoms with Crippen molar-refractivity contribution in [2.75, 3.05) is 5.32 Å². The molecule has 9 nitrogen and oxygen atoms in total. The van der Waals surface area contributed by atoms with Crippen LogP contribution in [0.25, 0.3) is 0 Å². The number of nitrogens with one attached hydrogen (secondary N) is 3. The van der Waals surface area contributed by atoms with Crippen molar-refractivity contribution in [1.29, 1.82) is 0 Å². The van der Waals surface area contributed by atoms with E-state index in [9.17, 15) is 9.59 Å². The van der Waals surface area contributed by atoms with Crippen LogP contribution in [-0.2, 0) is 11.8 Å². The molecule has 2 aromatic rings. The minimum absolute atomic E-state index is 0.0518. The Labute approximate surface area is 161 Å². The molecule has 2 bridgehead atoms. The third kappa shape index (κ3) is 3.14. The van der Waals surface area contributed by atoms with Gasteiger partial charge in [0.2, 0.25) is 0 Å².